The molecule has 3 aromatic rings. The highest BCUT2D eigenvalue weighted by molar-refractivity contribution is 7.08. The summed E-state index contributed by atoms with van der Waals surface area (Å²) in [6, 6.07) is 11.8. The monoisotopic (exact) mass is 326 g/mol. The number of benzene rings is 1. The summed E-state index contributed by atoms with van der Waals surface area (Å²) in [6.07, 6.45) is 2.60. The van der Waals surface area contributed by atoms with Gasteiger partial charge in [0, 0.05) is 5.38 Å². The lowest BCUT2D eigenvalue weighted by molar-refractivity contribution is -0.122. The van der Waals surface area contributed by atoms with Crippen LogP contribution < -0.4 is 5.32 Å². The topological polar surface area (TPSA) is 59.8 Å². The van der Waals surface area contributed by atoms with Crippen LogP contribution >= 0.6 is 11.3 Å². The molecule has 23 heavy (non-hydrogen) atoms. The van der Waals surface area contributed by atoms with Crippen LogP contribution in [0.25, 0.3) is 5.69 Å². The van der Waals surface area contributed by atoms with E-state index in [1.54, 1.807) is 16.0 Å². The van der Waals surface area contributed by atoms with Crippen molar-refractivity contribution in [1.29, 1.82) is 0 Å². The van der Waals surface area contributed by atoms with E-state index in [1.807, 2.05) is 60.3 Å². The van der Waals surface area contributed by atoms with Crippen molar-refractivity contribution in [3.8, 4) is 5.69 Å². The molecule has 1 amide bonds. The van der Waals surface area contributed by atoms with E-state index in [0.717, 1.165) is 23.4 Å². The minimum atomic E-state index is -0.136. The van der Waals surface area contributed by atoms with Crippen LogP contribution in [0.4, 0.5) is 0 Å². The van der Waals surface area contributed by atoms with E-state index < -0.39 is 0 Å². The smallest absolute Gasteiger partial charge is 0.227 e. The number of carbonyl (C=O) groups is 1. The third-order valence-corrected chi connectivity index (χ3v) is 4.35. The Kier molecular flexibility index (Phi) is 4.83. The number of amides is 1. The minimum Gasteiger partial charge on any atom is -0.350 e. The molecule has 1 aromatic carbocycles. The molecule has 1 atom stereocenters. The van der Waals surface area contributed by atoms with Crippen LogP contribution in [-0.2, 0) is 11.3 Å². The SMILES string of the molecule is CC[C@H](C(=O)NCc1cn(-c2ccsc2)nn1)c1ccccc1. The second-order valence-electron chi connectivity index (χ2n) is 5.23. The Morgan fingerprint density at radius 1 is 1.30 bits per heavy atom. The molecular formula is C17H18N4OS. The zero-order valence-corrected chi connectivity index (χ0v) is 13.7. The number of hydrogen-bond acceptors (Lipinski definition) is 4. The molecule has 2 heterocycles. The predicted octanol–water partition coefficient (Wildman–Crippen LogP) is 3.14. The lowest BCUT2D eigenvalue weighted by Gasteiger charge is -2.14. The van der Waals surface area contributed by atoms with Crippen molar-refractivity contribution in [3.05, 3.63) is 64.6 Å². The van der Waals surface area contributed by atoms with Crippen LogP contribution in [0.5, 0.6) is 0 Å². The number of carbonyl (C=O) groups excluding carboxylic acids is 1. The Morgan fingerprint density at radius 2 is 2.13 bits per heavy atom. The number of hydrogen-bond donors (Lipinski definition) is 1. The molecule has 0 aliphatic rings. The Balaban J connectivity index is 1.62. The van der Waals surface area contributed by atoms with E-state index >= 15 is 0 Å². The fourth-order valence-corrected chi connectivity index (χ4v) is 3.07. The second kappa shape index (κ2) is 7.19. The van der Waals surface area contributed by atoms with E-state index in [4.69, 9.17) is 0 Å². The van der Waals surface area contributed by atoms with Crippen molar-refractivity contribution >= 4 is 17.2 Å². The maximum atomic E-state index is 12.4. The highest BCUT2D eigenvalue weighted by Crippen LogP contribution is 2.19. The molecule has 0 saturated carbocycles. The summed E-state index contributed by atoms with van der Waals surface area (Å²) >= 11 is 1.61. The Hall–Kier alpha value is -2.47. The quantitative estimate of drug-likeness (QED) is 0.757. The highest BCUT2D eigenvalue weighted by Gasteiger charge is 2.18. The molecule has 0 saturated heterocycles. The Morgan fingerprint density at radius 3 is 2.83 bits per heavy atom. The lowest BCUT2D eigenvalue weighted by atomic mass is 9.96. The van der Waals surface area contributed by atoms with E-state index in [1.165, 1.54) is 0 Å². The molecule has 118 valence electrons. The summed E-state index contributed by atoms with van der Waals surface area (Å²) < 4.78 is 1.71. The number of nitrogens with one attached hydrogen (secondary N) is 1. The van der Waals surface area contributed by atoms with Crippen LogP contribution in [-0.4, -0.2) is 20.9 Å². The van der Waals surface area contributed by atoms with Gasteiger partial charge in [0.1, 0.15) is 5.69 Å². The summed E-state index contributed by atoms with van der Waals surface area (Å²) in [5.41, 5.74) is 2.76. The Bertz CT molecular complexity index is 752. The van der Waals surface area contributed by atoms with Gasteiger partial charge in [0.2, 0.25) is 5.91 Å². The molecule has 6 heteroatoms. The predicted molar refractivity (Wildman–Crippen MR) is 90.6 cm³/mol. The fraction of sp³-hybridized carbons (Fsp3) is 0.235. The summed E-state index contributed by atoms with van der Waals surface area (Å²) in [6.45, 7) is 2.40. The van der Waals surface area contributed by atoms with E-state index in [2.05, 4.69) is 15.6 Å². The molecule has 0 radical (unpaired) electrons. The Labute approximate surface area is 139 Å². The van der Waals surface area contributed by atoms with Crippen molar-refractivity contribution in [2.75, 3.05) is 0 Å². The van der Waals surface area contributed by atoms with Crippen molar-refractivity contribution in [3.63, 3.8) is 0 Å². The first kappa shape index (κ1) is 15.4. The normalized spacial score (nSPS) is 12.0. The third-order valence-electron chi connectivity index (χ3n) is 3.68. The van der Waals surface area contributed by atoms with Crippen molar-refractivity contribution in [2.45, 2.75) is 25.8 Å². The van der Waals surface area contributed by atoms with Crippen LogP contribution in [0.3, 0.4) is 0 Å². The van der Waals surface area contributed by atoms with E-state index in [-0.39, 0.29) is 11.8 Å². The molecule has 3 rings (SSSR count). The summed E-state index contributed by atoms with van der Waals surface area (Å²) in [5, 5.41) is 15.1. The standard InChI is InChI=1S/C17H18N4OS/c1-2-16(13-6-4-3-5-7-13)17(22)18-10-14-11-21(20-19-14)15-8-9-23-12-15/h3-9,11-12,16H,2,10H2,1H3,(H,18,22)/t16-/m0/s1. The molecule has 5 nitrogen and oxygen atoms in total. The number of rotatable bonds is 6. The molecule has 0 spiro atoms. The van der Waals surface area contributed by atoms with Gasteiger partial charge < -0.3 is 5.32 Å². The first-order valence-corrected chi connectivity index (χ1v) is 8.48. The minimum absolute atomic E-state index is 0.0174. The van der Waals surface area contributed by atoms with E-state index in [9.17, 15) is 4.79 Å². The maximum Gasteiger partial charge on any atom is 0.227 e. The van der Waals surface area contributed by atoms with Crippen LogP contribution in [0.1, 0.15) is 30.5 Å². The fourth-order valence-electron chi connectivity index (χ4n) is 2.45. The van der Waals surface area contributed by atoms with Crippen molar-refractivity contribution < 1.29 is 4.79 Å². The molecular weight excluding hydrogens is 308 g/mol. The molecule has 0 unspecified atom stereocenters. The second-order valence-corrected chi connectivity index (χ2v) is 6.01. The van der Waals surface area contributed by atoms with Gasteiger partial charge in [-0.15, -0.1) is 5.10 Å². The van der Waals surface area contributed by atoms with Gasteiger partial charge in [-0.2, -0.15) is 11.3 Å². The van der Waals surface area contributed by atoms with Gasteiger partial charge in [-0.05, 0) is 23.4 Å². The van der Waals surface area contributed by atoms with Gasteiger partial charge in [-0.25, -0.2) is 4.68 Å². The zero-order chi connectivity index (χ0) is 16.1. The third kappa shape index (κ3) is 3.65. The number of nitrogens with zero attached hydrogens (tertiary/aromatic N) is 3. The van der Waals surface area contributed by atoms with Gasteiger partial charge in [-0.1, -0.05) is 42.5 Å². The first-order chi connectivity index (χ1) is 11.3. The molecule has 0 aliphatic carbocycles. The van der Waals surface area contributed by atoms with Gasteiger partial charge >= 0.3 is 0 Å². The number of aromatic nitrogens is 3. The average Bonchev–Trinajstić information content (AvgIpc) is 3.26. The largest absolute Gasteiger partial charge is 0.350 e. The molecule has 1 N–H and O–H groups in total. The van der Waals surface area contributed by atoms with Gasteiger partial charge in [0.15, 0.2) is 0 Å². The van der Waals surface area contributed by atoms with Crippen LogP contribution in [0.2, 0.25) is 0 Å². The van der Waals surface area contributed by atoms with Crippen molar-refractivity contribution in [1.82, 2.24) is 20.3 Å². The average molecular weight is 326 g/mol. The highest BCUT2D eigenvalue weighted by atomic mass is 32.1. The summed E-state index contributed by atoms with van der Waals surface area (Å²) in [7, 11) is 0. The van der Waals surface area contributed by atoms with Gasteiger partial charge in [0.25, 0.3) is 0 Å². The number of thiophene rings is 1. The van der Waals surface area contributed by atoms with Gasteiger partial charge in [0.05, 0.1) is 24.3 Å². The molecule has 0 fully saturated rings. The van der Waals surface area contributed by atoms with Gasteiger partial charge in [-0.3, -0.25) is 4.79 Å². The summed E-state index contributed by atoms with van der Waals surface area (Å²) in [5.74, 6) is -0.119. The maximum absolute atomic E-state index is 12.4. The van der Waals surface area contributed by atoms with E-state index in [0.29, 0.717) is 6.54 Å². The first-order valence-electron chi connectivity index (χ1n) is 7.54. The molecule has 0 aliphatic heterocycles. The molecule has 0 bridgehead atoms. The van der Waals surface area contributed by atoms with Crippen molar-refractivity contribution in [2.24, 2.45) is 0 Å². The van der Waals surface area contributed by atoms with Crippen LogP contribution in [0.15, 0.2) is 53.4 Å². The van der Waals surface area contributed by atoms with Crippen LogP contribution in [0, 0.1) is 0 Å². The lowest BCUT2D eigenvalue weighted by Crippen LogP contribution is -2.28. The zero-order valence-electron chi connectivity index (χ0n) is 12.8. The molecule has 2 aromatic heterocycles. The summed E-state index contributed by atoms with van der Waals surface area (Å²) in [4.78, 5) is 12.4.